The Labute approximate surface area is 129 Å². The van der Waals surface area contributed by atoms with Crippen LogP contribution in [0.3, 0.4) is 0 Å². The van der Waals surface area contributed by atoms with Gasteiger partial charge in [-0.3, -0.25) is 4.79 Å². The van der Waals surface area contributed by atoms with E-state index in [1.54, 1.807) is 18.2 Å². The highest BCUT2D eigenvalue weighted by Gasteiger charge is 2.13. The molecule has 2 aromatic carbocycles. The standard InChI is InChI=1S/C17H16Cl2O/c1-11-6-7-12(2)13(10-11)8-9-16(20)14-4-3-5-15(18)17(14)19/h3-7,10H,8-9H2,1-2H3. The fourth-order valence-corrected chi connectivity index (χ4v) is 2.58. The van der Waals surface area contributed by atoms with E-state index in [9.17, 15) is 4.79 Å². The lowest BCUT2D eigenvalue weighted by Crippen LogP contribution is -2.03. The van der Waals surface area contributed by atoms with Crippen LogP contribution in [0.5, 0.6) is 0 Å². The number of hydrogen-bond acceptors (Lipinski definition) is 1. The van der Waals surface area contributed by atoms with E-state index in [4.69, 9.17) is 23.2 Å². The predicted octanol–water partition coefficient (Wildman–Crippen LogP) is 5.43. The molecule has 0 fully saturated rings. The van der Waals surface area contributed by atoms with Gasteiger partial charge in [0, 0.05) is 12.0 Å². The smallest absolute Gasteiger partial charge is 0.164 e. The highest BCUT2D eigenvalue weighted by Crippen LogP contribution is 2.27. The van der Waals surface area contributed by atoms with Gasteiger partial charge >= 0.3 is 0 Å². The van der Waals surface area contributed by atoms with Crippen molar-refractivity contribution in [2.75, 3.05) is 0 Å². The van der Waals surface area contributed by atoms with Gasteiger partial charge in [-0.1, -0.05) is 53.0 Å². The topological polar surface area (TPSA) is 17.1 Å². The summed E-state index contributed by atoms with van der Waals surface area (Å²) in [6.45, 7) is 4.12. The normalized spacial score (nSPS) is 10.6. The van der Waals surface area contributed by atoms with E-state index in [0.717, 1.165) is 6.42 Å². The maximum Gasteiger partial charge on any atom is 0.164 e. The van der Waals surface area contributed by atoms with E-state index in [1.807, 2.05) is 0 Å². The van der Waals surface area contributed by atoms with E-state index in [1.165, 1.54) is 16.7 Å². The molecule has 0 saturated heterocycles. The fourth-order valence-electron chi connectivity index (χ4n) is 2.17. The maximum atomic E-state index is 12.2. The molecule has 2 rings (SSSR count). The average Bonchev–Trinajstić information content (AvgIpc) is 2.42. The van der Waals surface area contributed by atoms with E-state index in [-0.39, 0.29) is 5.78 Å². The van der Waals surface area contributed by atoms with Gasteiger partial charge in [-0.15, -0.1) is 0 Å². The average molecular weight is 307 g/mol. The first-order valence-corrected chi connectivity index (χ1v) is 7.28. The third-order valence-corrected chi connectivity index (χ3v) is 4.20. The summed E-state index contributed by atoms with van der Waals surface area (Å²) < 4.78 is 0. The van der Waals surface area contributed by atoms with E-state index in [2.05, 4.69) is 32.0 Å². The molecule has 0 aliphatic rings. The number of carbonyl (C=O) groups is 1. The van der Waals surface area contributed by atoms with Crippen molar-refractivity contribution in [3.05, 3.63) is 68.7 Å². The number of halogens is 2. The largest absolute Gasteiger partial charge is 0.294 e. The Morgan fingerprint density at radius 3 is 2.60 bits per heavy atom. The Hall–Kier alpha value is -1.31. The van der Waals surface area contributed by atoms with Gasteiger partial charge in [0.05, 0.1) is 10.0 Å². The molecular formula is C17H16Cl2O. The van der Waals surface area contributed by atoms with Crippen molar-refractivity contribution in [3.8, 4) is 0 Å². The van der Waals surface area contributed by atoms with Gasteiger partial charge in [-0.2, -0.15) is 0 Å². The minimum atomic E-state index is 0.0263. The summed E-state index contributed by atoms with van der Waals surface area (Å²) in [4.78, 5) is 12.2. The van der Waals surface area contributed by atoms with E-state index < -0.39 is 0 Å². The monoisotopic (exact) mass is 306 g/mol. The zero-order valence-corrected chi connectivity index (χ0v) is 13.1. The molecule has 0 radical (unpaired) electrons. The lowest BCUT2D eigenvalue weighted by Gasteiger charge is -2.08. The van der Waals surface area contributed by atoms with Crippen LogP contribution in [0.2, 0.25) is 10.0 Å². The first-order valence-electron chi connectivity index (χ1n) is 6.52. The molecule has 2 aromatic rings. The molecule has 104 valence electrons. The molecule has 0 N–H and O–H groups in total. The summed E-state index contributed by atoms with van der Waals surface area (Å²) in [5.41, 5.74) is 4.13. The van der Waals surface area contributed by atoms with Crippen LogP contribution in [0.15, 0.2) is 36.4 Å². The minimum Gasteiger partial charge on any atom is -0.294 e. The molecule has 3 heteroatoms. The van der Waals surface area contributed by atoms with E-state index in [0.29, 0.717) is 22.0 Å². The molecule has 0 bridgehead atoms. The van der Waals surface area contributed by atoms with Crippen LogP contribution < -0.4 is 0 Å². The van der Waals surface area contributed by atoms with Crippen LogP contribution >= 0.6 is 23.2 Å². The second kappa shape index (κ2) is 6.43. The summed E-state index contributed by atoms with van der Waals surface area (Å²) in [6.07, 6.45) is 1.15. The predicted molar refractivity (Wildman–Crippen MR) is 85.0 cm³/mol. The molecule has 0 heterocycles. The lowest BCUT2D eigenvalue weighted by molar-refractivity contribution is 0.0983. The van der Waals surface area contributed by atoms with Crippen molar-refractivity contribution in [1.82, 2.24) is 0 Å². The second-order valence-electron chi connectivity index (χ2n) is 4.95. The lowest BCUT2D eigenvalue weighted by atomic mass is 9.98. The van der Waals surface area contributed by atoms with Crippen molar-refractivity contribution in [2.24, 2.45) is 0 Å². The van der Waals surface area contributed by atoms with Crippen LogP contribution in [-0.4, -0.2) is 5.78 Å². The van der Waals surface area contributed by atoms with Gasteiger partial charge in [-0.25, -0.2) is 0 Å². The second-order valence-corrected chi connectivity index (χ2v) is 5.74. The van der Waals surface area contributed by atoms with Gasteiger partial charge in [0.1, 0.15) is 0 Å². The number of carbonyl (C=O) groups excluding carboxylic acids is 1. The molecule has 0 saturated carbocycles. The Morgan fingerprint density at radius 1 is 1.10 bits per heavy atom. The van der Waals surface area contributed by atoms with Crippen LogP contribution in [0.25, 0.3) is 0 Å². The molecule has 20 heavy (non-hydrogen) atoms. The Kier molecular flexibility index (Phi) is 4.85. The molecule has 0 unspecified atom stereocenters. The summed E-state index contributed by atoms with van der Waals surface area (Å²) in [7, 11) is 0. The molecule has 0 aliphatic carbocycles. The quantitative estimate of drug-likeness (QED) is 0.689. The number of Topliss-reactive ketones (excluding diaryl/α,β-unsaturated/α-hetero) is 1. The molecule has 1 nitrogen and oxygen atoms in total. The van der Waals surface area contributed by atoms with Gasteiger partial charge in [-0.05, 0) is 43.5 Å². The van der Waals surface area contributed by atoms with Crippen molar-refractivity contribution in [1.29, 1.82) is 0 Å². The minimum absolute atomic E-state index is 0.0263. The summed E-state index contributed by atoms with van der Waals surface area (Å²) in [5, 5.41) is 0.768. The van der Waals surface area contributed by atoms with Gasteiger partial charge < -0.3 is 0 Å². The van der Waals surface area contributed by atoms with Crippen LogP contribution in [0.1, 0.15) is 33.5 Å². The van der Waals surface area contributed by atoms with Crippen LogP contribution in [0.4, 0.5) is 0 Å². The maximum absolute atomic E-state index is 12.2. The number of aryl methyl sites for hydroxylation is 3. The zero-order chi connectivity index (χ0) is 14.7. The van der Waals surface area contributed by atoms with Crippen LogP contribution in [0, 0.1) is 13.8 Å². The zero-order valence-electron chi connectivity index (χ0n) is 11.5. The van der Waals surface area contributed by atoms with Crippen molar-refractivity contribution < 1.29 is 4.79 Å². The van der Waals surface area contributed by atoms with Crippen molar-refractivity contribution in [2.45, 2.75) is 26.7 Å². The third-order valence-electron chi connectivity index (χ3n) is 3.38. The fraction of sp³-hybridized carbons (Fsp3) is 0.235. The van der Waals surface area contributed by atoms with Gasteiger partial charge in [0.2, 0.25) is 0 Å². The Balaban J connectivity index is 2.13. The first-order chi connectivity index (χ1) is 9.49. The Morgan fingerprint density at radius 2 is 1.85 bits per heavy atom. The molecule has 0 aliphatic heterocycles. The molecule has 0 spiro atoms. The van der Waals surface area contributed by atoms with Crippen molar-refractivity contribution >= 4 is 29.0 Å². The third kappa shape index (κ3) is 3.41. The van der Waals surface area contributed by atoms with Crippen molar-refractivity contribution in [3.63, 3.8) is 0 Å². The Bertz CT molecular complexity index is 647. The highest BCUT2D eigenvalue weighted by molar-refractivity contribution is 6.43. The van der Waals surface area contributed by atoms with Gasteiger partial charge in [0.25, 0.3) is 0 Å². The SMILES string of the molecule is Cc1ccc(C)c(CCC(=O)c2cccc(Cl)c2Cl)c1. The van der Waals surface area contributed by atoms with Crippen LogP contribution in [-0.2, 0) is 6.42 Å². The number of rotatable bonds is 4. The summed E-state index contributed by atoms with van der Waals surface area (Å²) in [6, 6.07) is 11.4. The molecule has 0 atom stereocenters. The first kappa shape index (κ1) is 15.1. The summed E-state index contributed by atoms with van der Waals surface area (Å²) in [5.74, 6) is 0.0263. The highest BCUT2D eigenvalue weighted by atomic mass is 35.5. The van der Waals surface area contributed by atoms with E-state index >= 15 is 0 Å². The van der Waals surface area contributed by atoms with Gasteiger partial charge in [0.15, 0.2) is 5.78 Å². The number of hydrogen-bond donors (Lipinski definition) is 0. The number of ketones is 1. The summed E-state index contributed by atoms with van der Waals surface area (Å²) >= 11 is 12.0. The molecular weight excluding hydrogens is 291 g/mol. The number of benzene rings is 2. The molecule has 0 aromatic heterocycles. The molecule has 0 amide bonds.